The van der Waals surface area contributed by atoms with Crippen LogP contribution in [0.15, 0.2) is 48.5 Å². The molecule has 12 nitrogen and oxygen atoms in total. The standard InChI is InChI=1S/C28H34N6O6/c35-25(24-16-30-27(37)34(24)28(38)39)29-15-18-13-14-33(17-18)21-9-5-19(6-10-21)31-26(36)32-20-7-11-23(12-8-20)40-22-3-1-2-4-22/h5-12,18,22,24H,1-4,13-17H2,(H,29,35)(H,30,37)(H,38,39)(H2,31,32,36). The van der Waals surface area contributed by atoms with Gasteiger partial charge in [-0.1, -0.05) is 0 Å². The molecule has 2 aromatic rings. The van der Waals surface area contributed by atoms with Gasteiger partial charge in [-0.05, 0) is 86.6 Å². The average Bonchev–Trinajstić information content (AvgIpc) is 3.70. The molecule has 212 valence electrons. The molecule has 3 aliphatic rings. The van der Waals surface area contributed by atoms with Gasteiger partial charge in [-0.2, -0.15) is 0 Å². The van der Waals surface area contributed by atoms with Crippen LogP contribution in [0.2, 0.25) is 0 Å². The molecule has 1 saturated carbocycles. The number of hydrogen-bond donors (Lipinski definition) is 5. The predicted molar refractivity (Wildman–Crippen MR) is 149 cm³/mol. The Morgan fingerprint density at radius 2 is 1.60 bits per heavy atom. The summed E-state index contributed by atoms with van der Waals surface area (Å²) in [5.41, 5.74) is 2.34. The highest BCUT2D eigenvalue weighted by molar-refractivity contribution is 6.00. The van der Waals surface area contributed by atoms with Crippen LogP contribution >= 0.6 is 0 Å². The molecule has 0 bridgehead atoms. The Balaban J connectivity index is 1.05. The van der Waals surface area contributed by atoms with Crippen molar-refractivity contribution in [3.8, 4) is 5.75 Å². The Morgan fingerprint density at radius 1 is 0.950 bits per heavy atom. The second kappa shape index (κ2) is 12.1. The first-order chi connectivity index (χ1) is 19.4. The minimum absolute atomic E-state index is 0.0339. The van der Waals surface area contributed by atoms with Gasteiger partial charge in [0.15, 0.2) is 0 Å². The van der Waals surface area contributed by atoms with Crippen LogP contribution < -0.4 is 30.9 Å². The predicted octanol–water partition coefficient (Wildman–Crippen LogP) is 3.67. The summed E-state index contributed by atoms with van der Waals surface area (Å²) in [6.45, 7) is 1.88. The van der Waals surface area contributed by atoms with Crippen LogP contribution in [0.25, 0.3) is 0 Å². The number of ether oxygens (including phenoxy) is 1. The first kappa shape index (κ1) is 27.1. The van der Waals surface area contributed by atoms with Crippen LogP contribution in [-0.2, 0) is 4.79 Å². The Hall–Kier alpha value is -4.48. The molecule has 2 aromatic carbocycles. The van der Waals surface area contributed by atoms with Crippen molar-refractivity contribution < 1.29 is 29.0 Å². The highest BCUT2D eigenvalue weighted by Gasteiger charge is 2.40. The second-order valence-electron chi connectivity index (χ2n) is 10.4. The van der Waals surface area contributed by atoms with Gasteiger partial charge in [0.25, 0.3) is 0 Å². The van der Waals surface area contributed by atoms with Gasteiger partial charge >= 0.3 is 18.2 Å². The molecule has 6 amide bonds. The van der Waals surface area contributed by atoms with Gasteiger partial charge in [0.2, 0.25) is 5.91 Å². The third kappa shape index (κ3) is 6.56. The normalized spacial score (nSPS) is 20.8. The number of carbonyl (C=O) groups is 4. The molecule has 12 heteroatoms. The van der Waals surface area contributed by atoms with E-state index >= 15 is 0 Å². The number of nitrogens with one attached hydrogen (secondary N) is 4. The van der Waals surface area contributed by atoms with Crippen LogP contribution in [0.4, 0.5) is 31.4 Å². The quantitative estimate of drug-likeness (QED) is 0.336. The Morgan fingerprint density at radius 3 is 2.25 bits per heavy atom. The number of urea groups is 2. The van der Waals surface area contributed by atoms with Gasteiger partial charge in [0, 0.05) is 43.2 Å². The minimum atomic E-state index is -1.45. The van der Waals surface area contributed by atoms with E-state index in [2.05, 4.69) is 26.2 Å². The van der Waals surface area contributed by atoms with Crippen molar-refractivity contribution >= 4 is 41.1 Å². The molecule has 5 N–H and O–H groups in total. The molecule has 3 fully saturated rings. The molecule has 40 heavy (non-hydrogen) atoms. The SMILES string of the molecule is O=C(Nc1ccc(OC2CCCC2)cc1)Nc1ccc(N2CCC(CNC(=O)C3CNC(=O)N3C(=O)O)C2)cc1. The van der Waals surface area contributed by atoms with Gasteiger partial charge in [0.05, 0.1) is 6.10 Å². The molecule has 2 unspecified atom stereocenters. The van der Waals surface area contributed by atoms with Crippen molar-refractivity contribution in [3.05, 3.63) is 48.5 Å². The van der Waals surface area contributed by atoms with Crippen LogP contribution in [0.1, 0.15) is 32.1 Å². The van der Waals surface area contributed by atoms with Crippen LogP contribution in [-0.4, -0.2) is 72.4 Å². The van der Waals surface area contributed by atoms with Crippen molar-refractivity contribution in [2.75, 3.05) is 41.7 Å². The molecule has 2 aliphatic heterocycles. The molecule has 0 spiro atoms. The zero-order valence-corrected chi connectivity index (χ0v) is 22.1. The van der Waals surface area contributed by atoms with Gasteiger partial charge in [-0.15, -0.1) is 0 Å². The fraction of sp³-hybridized carbons (Fsp3) is 0.429. The van der Waals surface area contributed by atoms with E-state index in [4.69, 9.17) is 4.74 Å². The first-order valence-corrected chi connectivity index (χ1v) is 13.6. The van der Waals surface area contributed by atoms with Crippen molar-refractivity contribution in [2.24, 2.45) is 5.92 Å². The van der Waals surface area contributed by atoms with Crippen molar-refractivity contribution in [1.82, 2.24) is 15.5 Å². The summed E-state index contributed by atoms with van der Waals surface area (Å²) in [6.07, 6.45) is 4.31. The van der Waals surface area contributed by atoms with Crippen molar-refractivity contribution in [3.63, 3.8) is 0 Å². The van der Waals surface area contributed by atoms with Gasteiger partial charge in [-0.3, -0.25) is 4.79 Å². The van der Waals surface area contributed by atoms with Crippen LogP contribution in [0, 0.1) is 5.92 Å². The van der Waals surface area contributed by atoms with E-state index in [1.165, 1.54) is 12.8 Å². The summed E-state index contributed by atoms with van der Waals surface area (Å²) in [5.74, 6) is 0.513. The summed E-state index contributed by atoms with van der Waals surface area (Å²) >= 11 is 0. The summed E-state index contributed by atoms with van der Waals surface area (Å²) in [5, 5.41) is 20.0. The number of benzene rings is 2. The molecule has 1 aliphatic carbocycles. The number of hydrogen-bond acceptors (Lipinski definition) is 6. The number of amides is 6. The molecule has 2 saturated heterocycles. The Kier molecular flexibility index (Phi) is 8.23. The lowest BCUT2D eigenvalue weighted by Crippen LogP contribution is -2.48. The zero-order chi connectivity index (χ0) is 28.1. The van der Waals surface area contributed by atoms with Crippen LogP contribution in [0.5, 0.6) is 5.75 Å². The van der Waals surface area contributed by atoms with E-state index in [1.54, 1.807) is 0 Å². The summed E-state index contributed by atoms with van der Waals surface area (Å²) < 4.78 is 5.97. The zero-order valence-electron chi connectivity index (χ0n) is 22.1. The van der Waals surface area contributed by atoms with E-state index < -0.39 is 24.1 Å². The minimum Gasteiger partial charge on any atom is -0.490 e. The molecule has 0 aromatic heterocycles. The molecular formula is C28H34N6O6. The lowest BCUT2D eigenvalue weighted by atomic mass is 10.1. The molecular weight excluding hydrogens is 516 g/mol. The van der Waals surface area contributed by atoms with Crippen LogP contribution in [0.3, 0.4) is 0 Å². The highest BCUT2D eigenvalue weighted by Crippen LogP contribution is 2.26. The second-order valence-corrected chi connectivity index (χ2v) is 10.4. The number of imide groups is 1. The fourth-order valence-corrected chi connectivity index (χ4v) is 5.39. The third-order valence-electron chi connectivity index (χ3n) is 7.54. The van der Waals surface area contributed by atoms with E-state index in [1.807, 2.05) is 48.5 Å². The van der Waals surface area contributed by atoms with E-state index in [0.717, 1.165) is 43.8 Å². The maximum absolute atomic E-state index is 12.5. The molecule has 0 radical (unpaired) electrons. The van der Waals surface area contributed by atoms with Crippen molar-refractivity contribution in [2.45, 2.75) is 44.2 Å². The maximum atomic E-state index is 12.5. The molecule has 2 heterocycles. The summed E-state index contributed by atoms with van der Waals surface area (Å²) in [7, 11) is 0. The van der Waals surface area contributed by atoms with Gasteiger partial charge in [-0.25, -0.2) is 19.3 Å². The number of nitrogens with zero attached hydrogens (tertiary/aromatic N) is 2. The monoisotopic (exact) mass is 550 g/mol. The van der Waals surface area contributed by atoms with E-state index in [0.29, 0.717) is 22.8 Å². The smallest absolute Gasteiger partial charge is 0.416 e. The number of carbonyl (C=O) groups excluding carboxylic acids is 3. The largest absolute Gasteiger partial charge is 0.490 e. The van der Waals surface area contributed by atoms with E-state index in [9.17, 15) is 24.3 Å². The molecule has 5 rings (SSSR count). The summed E-state index contributed by atoms with van der Waals surface area (Å²) in [6, 6.07) is 12.8. The third-order valence-corrected chi connectivity index (χ3v) is 7.54. The average molecular weight is 551 g/mol. The Bertz CT molecular complexity index is 1230. The van der Waals surface area contributed by atoms with Crippen molar-refractivity contribution in [1.29, 1.82) is 0 Å². The van der Waals surface area contributed by atoms with Gasteiger partial charge < -0.3 is 36.0 Å². The molecule has 2 atom stereocenters. The van der Waals surface area contributed by atoms with E-state index in [-0.39, 0.29) is 24.6 Å². The topological polar surface area (TPSA) is 152 Å². The number of anilines is 3. The Labute approximate surface area is 232 Å². The number of carboxylic acid groups (broad SMARTS) is 1. The number of rotatable bonds is 8. The fourth-order valence-electron chi connectivity index (χ4n) is 5.39. The highest BCUT2D eigenvalue weighted by atomic mass is 16.5. The lowest BCUT2D eigenvalue weighted by molar-refractivity contribution is -0.124. The lowest BCUT2D eigenvalue weighted by Gasteiger charge is -2.20. The van der Waals surface area contributed by atoms with Gasteiger partial charge in [0.1, 0.15) is 11.8 Å². The maximum Gasteiger partial charge on any atom is 0.416 e. The first-order valence-electron chi connectivity index (χ1n) is 13.6. The summed E-state index contributed by atoms with van der Waals surface area (Å²) in [4.78, 5) is 50.5.